The Hall–Kier alpha value is -2.20. The smallest absolute Gasteiger partial charge is 0.239 e. The van der Waals surface area contributed by atoms with Crippen LogP contribution in [0.2, 0.25) is 5.02 Å². The van der Waals surface area contributed by atoms with E-state index in [1.54, 1.807) is 7.11 Å². The van der Waals surface area contributed by atoms with Crippen LogP contribution in [0.25, 0.3) is 0 Å². The van der Waals surface area contributed by atoms with Crippen molar-refractivity contribution in [3.63, 3.8) is 0 Å². The summed E-state index contributed by atoms with van der Waals surface area (Å²) in [6.07, 6.45) is 0. The van der Waals surface area contributed by atoms with Gasteiger partial charge in [-0.25, -0.2) is 0 Å². The van der Waals surface area contributed by atoms with Crippen LogP contribution in [-0.2, 0) is 4.79 Å². The van der Waals surface area contributed by atoms with E-state index in [9.17, 15) is 4.79 Å². The molecule has 0 fully saturated rings. The van der Waals surface area contributed by atoms with Gasteiger partial charge in [-0.05, 0) is 48.9 Å². The molecule has 0 aliphatic rings. The van der Waals surface area contributed by atoms with Gasteiger partial charge in [-0.15, -0.1) is 0 Å². The zero-order chi connectivity index (χ0) is 15.9. The highest BCUT2D eigenvalue weighted by atomic mass is 35.5. The second kappa shape index (κ2) is 7.71. The second-order valence-electron chi connectivity index (χ2n) is 4.92. The van der Waals surface area contributed by atoms with Crippen LogP contribution >= 0.6 is 11.6 Å². The first kappa shape index (κ1) is 16.2. The first-order valence-corrected chi connectivity index (χ1v) is 7.39. The molecule has 0 spiro atoms. The van der Waals surface area contributed by atoms with Crippen molar-refractivity contribution in [2.45, 2.75) is 13.0 Å². The van der Waals surface area contributed by atoms with Crippen LogP contribution in [0.3, 0.4) is 0 Å². The van der Waals surface area contributed by atoms with E-state index in [1.165, 1.54) is 0 Å². The fourth-order valence-electron chi connectivity index (χ4n) is 2.02. The fourth-order valence-corrected chi connectivity index (χ4v) is 2.14. The standard InChI is InChI=1S/C17H19ClN2O2/c1-12(13-3-5-14(18)6-4-13)20-17(21)11-19-15-7-9-16(22-2)10-8-15/h3-10,12,19H,11H2,1-2H3,(H,20,21). The number of nitrogens with one attached hydrogen (secondary N) is 2. The van der Waals surface area contributed by atoms with E-state index in [-0.39, 0.29) is 18.5 Å². The van der Waals surface area contributed by atoms with Gasteiger partial charge in [0.2, 0.25) is 5.91 Å². The van der Waals surface area contributed by atoms with E-state index in [2.05, 4.69) is 10.6 Å². The van der Waals surface area contributed by atoms with E-state index < -0.39 is 0 Å². The Morgan fingerprint density at radius 1 is 1.14 bits per heavy atom. The lowest BCUT2D eigenvalue weighted by Crippen LogP contribution is -2.32. The molecule has 0 heterocycles. The highest BCUT2D eigenvalue weighted by Gasteiger charge is 2.09. The molecule has 22 heavy (non-hydrogen) atoms. The largest absolute Gasteiger partial charge is 0.497 e. The van der Waals surface area contributed by atoms with Gasteiger partial charge in [0.15, 0.2) is 0 Å². The number of benzene rings is 2. The van der Waals surface area contributed by atoms with Crippen molar-refractivity contribution < 1.29 is 9.53 Å². The summed E-state index contributed by atoms with van der Waals surface area (Å²) in [6, 6.07) is 14.8. The average molecular weight is 319 g/mol. The number of carbonyl (C=O) groups is 1. The quantitative estimate of drug-likeness (QED) is 0.855. The average Bonchev–Trinajstić information content (AvgIpc) is 2.54. The summed E-state index contributed by atoms with van der Waals surface area (Å²) in [5, 5.41) is 6.70. The van der Waals surface area contributed by atoms with Gasteiger partial charge in [0, 0.05) is 10.7 Å². The van der Waals surface area contributed by atoms with Crippen molar-refractivity contribution in [2.24, 2.45) is 0 Å². The Bertz CT molecular complexity index is 612. The minimum Gasteiger partial charge on any atom is -0.497 e. The molecule has 1 unspecified atom stereocenters. The van der Waals surface area contributed by atoms with Crippen molar-refractivity contribution >= 4 is 23.2 Å². The summed E-state index contributed by atoms with van der Waals surface area (Å²) in [7, 11) is 1.62. The van der Waals surface area contributed by atoms with E-state index in [1.807, 2.05) is 55.5 Å². The number of halogens is 1. The molecule has 2 aromatic rings. The van der Waals surface area contributed by atoms with Gasteiger partial charge in [-0.2, -0.15) is 0 Å². The molecule has 5 heteroatoms. The number of rotatable bonds is 6. The van der Waals surface area contributed by atoms with Gasteiger partial charge in [-0.3, -0.25) is 4.79 Å². The monoisotopic (exact) mass is 318 g/mol. The van der Waals surface area contributed by atoms with Gasteiger partial charge in [0.25, 0.3) is 0 Å². The number of hydrogen-bond donors (Lipinski definition) is 2. The maximum Gasteiger partial charge on any atom is 0.239 e. The summed E-state index contributed by atoms with van der Waals surface area (Å²) in [6.45, 7) is 2.15. The van der Waals surface area contributed by atoms with Crippen molar-refractivity contribution in [1.29, 1.82) is 0 Å². The van der Waals surface area contributed by atoms with E-state index in [0.29, 0.717) is 5.02 Å². The van der Waals surface area contributed by atoms with Crippen molar-refractivity contribution in [2.75, 3.05) is 19.0 Å². The lowest BCUT2D eigenvalue weighted by atomic mass is 10.1. The predicted molar refractivity (Wildman–Crippen MR) is 89.5 cm³/mol. The molecule has 0 aliphatic carbocycles. The van der Waals surface area contributed by atoms with Crippen LogP contribution < -0.4 is 15.4 Å². The minimum atomic E-state index is -0.0710. The van der Waals surface area contributed by atoms with Crippen molar-refractivity contribution in [1.82, 2.24) is 5.32 Å². The van der Waals surface area contributed by atoms with Crippen molar-refractivity contribution in [3.05, 3.63) is 59.1 Å². The van der Waals surface area contributed by atoms with Crippen LogP contribution in [0.4, 0.5) is 5.69 Å². The maximum atomic E-state index is 12.0. The zero-order valence-electron chi connectivity index (χ0n) is 12.6. The first-order valence-electron chi connectivity index (χ1n) is 7.01. The summed E-state index contributed by atoms with van der Waals surface area (Å²) < 4.78 is 5.09. The van der Waals surface area contributed by atoms with E-state index in [0.717, 1.165) is 17.0 Å². The summed E-state index contributed by atoms with van der Waals surface area (Å²) >= 11 is 5.85. The highest BCUT2D eigenvalue weighted by Crippen LogP contribution is 2.16. The molecule has 2 aromatic carbocycles. The molecule has 2 rings (SSSR count). The van der Waals surface area contributed by atoms with Gasteiger partial charge in [0.1, 0.15) is 5.75 Å². The molecule has 116 valence electrons. The molecule has 0 aromatic heterocycles. The van der Waals surface area contributed by atoms with E-state index in [4.69, 9.17) is 16.3 Å². The lowest BCUT2D eigenvalue weighted by Gasteiger charge is -2.15. The highest BCUT2D eigenvalue weighted by molar-refractivity contribution is 6.30. The van der Waals surface area contributed by atoms with Gasteiger partial charge in [0.05, 0.1) is 19.7 Å². The molecule has 0 saturated heterocycles. The molecule has 0 radical (unpaired) electrons. The first-order chi connectivity index (χ1) is 10.6. The van der Waals surface area contributed by atoms with Gasteiger partial charge < -0.3 is 15.4 Å². The van der Waals surface area contributed by atoms with Crippen LogP contribution in [0.5, 0.6) is 5.75 Å². The number of methoxy groups -OCH3 is 1. The normalized spacial score (nSPS) is 11.6. The van der Waals surface area contributed by atoms with Crippen LogP contribution in [0, 0.1) is 0 Å². The predicted octanol–water partition coefficient (Wildman–Crippen LogP) is 3.64. The summed E-state index contributed by atoms with van der Waals surface area (Å²) in [5.74, 6) is 0.713. The Balaban J connectivity index is 1.83. The van der Waals surface area contributed by atoms with Gasteiger partial charge >= 0.3 is 0 Å². The molecule has 1 atom stereocenters. The van der Waals surface area contributed by atoms with E-state index >= 15 is 0 Å². The van der Waals surface area contributed by atoms with Crippen molar-refractivity contribution in [3.8, 4) is 5.75 Å². The third-order valence-electron chi connectivity index (χ3n) is 3.29. The van der Waals surface area contributed by atoms with Crippen LogP contribution in [0.15, 0.2) is 48.5 Å². The Morgan fingerprint density at radius 2 is 1.77 bits per heavy atom. The molecule has 4 nitrogen and oxygen atoms in total. The van der Waals surface area contributed by atoms with Crippen LogP contribution in [0.1, 0.15) is 18.5 Å². The van der Waals surface area contributed by atoms with Crippen LogP contribution in [-0.4, -0.2) is 19.6 Å². The Labute approximate surface area is 135 Å². The SMILES string of the molecule is COc1ccc(NCC(=O)NC(C)c2ccc(Cl)cc2)cc1. The molecular formula is C17H19ClN2O2. The zero-order valence-corrected chi connectivity index (χ0v) is 13.4. The Kier molecular flexibility index (Phi) is 5.67. The fraction of sp³-hybridized carbons (Fsp3) is 0.235. The molecule has 0 bridgehead atoms. The number of amides is 1. The number of hydrogen-bond acceptors (Lipinski definition) is 3. The second-order valence-corrected chi connectivity index (χ2v) is 5.36. The molecular weight excluding hydrogens is 300 g/mol. The number of carbonyl (C=O) groups excluding carboxylic acids is 1. The Morgan fingerprint density at radius 3 is 2.36 bits per heavy atom. The molecule has 1 amide bonds. The minimum absolute atomic E-state index is 0.0672. The number of anilines is 1. The molecule has 2 N–H and O–H groups in total. The summed E-state index contributed by atoms with van der Waals surface area (Å²) in [4.78, 5) is 12.0. The van der Waals surface area contributed by atoms with Gasteiger partial charge in [-0.1, -0.05) is 23.7 Å². The summed E-state index contributed by atoms with van der Waals surface area (Å²) in [5.41, 5.74) is 1.89. The molecule has 0 saturated carbocycles. The molecule has 0 aliphatic heterocycles. The third kappa shape index (κ3) is 4.67. The lowest BCUT2D eigenvalue weighted by molar-refractivity contribution is -0.120. The topological polar surface area (TPSA) is 50.4 Å². The maximum absolute atomic E-state index is 12.0. The number of ether oxygens (including phenoxy) is 1. The third-order valence-corrected chi connectivity index (χ3v) is 3.54.